The quantitative estimate of drug-likeness (QED) is 0.142. The van der Waals surface area contributed by atoms with Crippen LogP contribution in [0.1, 0.15) is 188 Å². The van der Waals surface area contributed by atoms with Crippen molar-refractivity contribution in [1.82, 2.24) is 21.3 Å². The number of hydrogen-bond donors (Lipinski definition) is 4. The van der Waals surface area contributed by atoms with E-state index in [1.54, 1.807) is 96.9 Å². The van der Waals surface area contributed by atoms with Gasteiger partial charge in [-0.1, -0.05) is 129 Å². The summed E-state index contributed by atoms with van der Waals surface area (Å²) in [5, 5.41) is 10.4. The van der Waals surface area contributed by atoms with Crippen molar-refractivity contribution in [1.29, 1.82) is 0 Å². The molecule has 2 rings (SSSR count). The molecular weight excluding hydrogens is 1050 g/mol. The summed E-state index contributed by atoms with van der Waals surface area (Å²) in [6, 6.07) is -5.40. The Morgan fingerprint density at radius 3 is 1.19 bits per heavy atom. The fourth-order valence-electron chi connectivity index (χ4n) is 9.21. The summed E-state index contributed by atoms with van der Waals surface area (Å²) in [6.07, 6.45) is -5.72. The average molecular weight is 1150 g/mol. The molecule has 2 aliphatic rings. The summed E-state index contributed by atoms with van der Waals surface area (Å²) >= 11 is 0. The van der Waals surface area contributed by atoms with Gasteiger partial charge in [0.25, 0.3) is 23.6 Å². The molecule has 460 valence electrons. The standard InChI is InChI=1S/C59H96N4O18/c1-29(2)25-43-41(64)23-24-46(66)76-37(16)51(67)60-50(35(13)14)59(75)81-45(27-39-21-19-18-20-22-39)54(70)63-47(32(7)8)56(72)77-36(15)42(65)28-40(31(5)6)55(71)80-44(26-30(3)4)53(69)62-48(33(9)10)57(73)78-38(17)52(68)61-49(34(11)12)58(74)79-43/h29-40,43-45,47-50H,18-28H2,1-17H3,(H,60,67)(H,61,68)(H,62,69)(H,63,70)/t36-,37-,38-,40-,43+,44+,45+,47+,48+,49-,50-/m0/s1. The van der Waals surface area contributed by atoms with E-state index in [2.05, 4.69) is 21.3 Å². The lowest BCUT2D eigenvalue weighted by molar-refractivity contribution is -0.166. The predicted molar refractivity (Wildman–Crippen MR) is 296 cm³/mol. The molecule has 22 nitrogen and oxygen atoms in total. The molecule has 1 heterocycles. The van der Waals surface area contributed by atoms with Crippen molar-refractivity contribution < 1.29 is 86.0 Å². The van der Waals surface area contributed by atoms with Crippen LogP contribution >= 0.6 is 0 Å². The highest BCUT2D eigenvalue weighted by molar-refractivity contribution is 5.95. The maximum Gasteiger partial charge on any atom is 0.329 e. The molecule has 0 aromatic heterocycles. The second-order valence-corrected chi connectivity index (χ2v) is 24.5. The Labute approximate surface area is 479 Å². The number of carbonyl (C=O) groups excluding carboxylic acids is 12. The Morgan fingerprint density at radius 2 is 0.753 bits per heavy atom. The molecule has 0 bridgehead atoms. The first-order chi connectivity index (χ1) is 37.6. The first-order valence-electron chi connectivity index (χ1n) is 29.1. The zero-order chi connectivity index (χ0) is 61.7. The van der Waals surface area contributed by atoms with Gasteiger partial charge in [-0.05, 0) is 87.4 Å². The maximum atomic E-state index is 14.3. The lowest BCUT2D eigenvalue weighted by atomic mass is 9.85. The Balaban J connectivity index is 2.65. The first kappa shape index (κ1) is 71.1. The number of esters is 6. The Bertz CT molecular complexity index is 2180. The molecule has 11 atom stereocenters. The van der Waals surface area contributed by atoms with Crippen LogP contribution in [0, 0.1) is 53.3 Å². The van der Waals surface area contributed by atoms with Gasteiger partial charge in [0.05, 0.1) is 12.3 Å². The third-order valence-corrected chi connectivity index (χ3v) is 14.4. The average Bonchev–Trinajstić information content (AvgIpc) is 3.39. The molecule has 0 radical (unpaired) electrons. The van der Waals surface area contributed by atoms with E-state index in [9.17, 15) is 57.5 Å². The molecule has 0 unspecified atom stereocenters. The molecule has 0 aromatic carbocycles. The van der Waals surface area contributed by atoms with Crippen molar-refractivity contribution in [3.8, 4) is 0 Å². The van der Waals surface area contributed by atoms with Crippen LogP contribution in [0.2, 0.25) is 0 Å². The molecular formula is C59H96N4O18. The molecule has 1 aliphatic heterocycles. The molecule has 81 heavy (non-hydrogen) atoms. The van der Waals surface area contributed by atoms with Gasteiger partial charge in [-0.25, -0.2) is 19.2 Å². The van der Waals surface area contributed by atoms with E-state index in [4.69, 9.17) is 28.4 Å². The lowest BCUT2D eigenvalue weighted by Crippen LogP contribution is -2.53. The molecule has 0 spiro atoms. The van der Waals surface area contributed by atoms with Crippen LogP contribution in [-0.2, 0) is 86.0 Å². The number of ketones is 2. The van der Waals surface area contributed by atoms with Gasteiger partial charge in [0, 0.05) is 12.8 Å². The zero-order valence-electron chi connectivity index (χ0n) is 51.1. The summed E-state index contributed by atoms with van der Waals surface area (Å²) < 4.78 is 34.0. The second kappa shape index (κ2) is 33.8. The van der Waals surface area contributed by atoms with Crippen molar-refractivity contribution in [2.75, 3.05) is 0 Å². The van der Waals surface area contributed by atoms with Crippen LogP contribution in [0.15, 0.2) is 0 Å². The van der Waals surface area contributed by atoms with Crippen molar-refractivity contribution in [3.63, 3.8) is 0 Å². The van der Waals surface area contributed by atoms with Crippen molar-refractivity contribution in [2.24, 2.45) is 53.3 Å². The summed E-state index contributed by atoms with van der Waals surface area (Å²) in [5.74, 6) is -15.1. The van der Waals surface area contributed by atoms with Crippen molar-refractivity contribution in [2.45, 2.75) is 249 Å². The van der Waals surface area contributed by atoms with Gasteiger partial charge in [-0.2, -0.15) is 0 Å². The van der Waals surface area contributed by atoms with Gasteiger partial charge in [0.15, 0.2) is 48.2 Å². The number of nitrogens with one attached hydrogen (secondary N) is 4. The van der Waals surface area contributed by atoms with Gasteiger partial charge in [-0.3, -0.25) is 38.4 Å². The number of Topliss-reactive ketones (excluding diaryl/α,β-unsaturated/α-hetero) is 2. The number of hydrogen-bond acceptors (Lipinski definition) is 18. The maximum absolute atomic E-state index is 14.3. The topological polar surface area (TPSA) is 308 Å². The minimum Gasteiger partial charge on any atom is -0.453 e. The molecule has 22 heteroatoms. The number of amides is 4. The summed E-state index contributed by atoms with van der Waals surface area (Å²) in [5.41, 5.74) is 0. The van der Waals surface area contributed by atoms with Gasteiger partial charge in [0.1, 0.15) is 24.2 Å². The van der Waals surface area contributed by atoms with Crippen LogP contribution in [0.3, 0.4) is 0 Å². The van der Waals surface area contributed by atoms with Crippen LogP contribution in [-0.4, -0.2) is 132 Å². The predicted octanol–water partition coefficient (Wildman–Crippen LogP) is 5.74. The van der Waals surface area contributed by atoms with Crippen LogP contribution in [0.5, 0.6) is 0 Å². The highest BCUT2D eigenvalue weighted by Crippen LogP contribution is 2.29. The first-order valence-corrected chi connectivity index (χ1v) is 29.1. The lowest BCUT2D eigenvalue weighted by Gasteiger charge is -2.30. The molecule has 1 saturated carbocycles. The summed E-state index contributed by atoms with van der Waals surface area (Å²) in [4.78, 5) is 165. The van der Waals surface area contributed by atoms with E-state index in [1.807, 2.05) is 0 Å². The second-order valence-electron chi connectivity index (χ2n) is 24.5. The third-order valence-electron chi connectivity index (χ3n) is 14.4. The Morgan fingerprint density at radius 1 is 0.383 bits per heavy atom. The third kappa shape index (κ3) is 23.8. The van der Waals surface area contributed by atoms with Gasteiger partial charge >= 0.3 is 35.8 Å². The van der Waals surface area contributed by atoms with Crippen molar-refractivity contribution in [3.05, 3.63) is 0 Å². The van der Waals surface area contributed by atoms with Gasteiger partial charge < -0.3 is 49.7 Å². The van der Waals surface area contributed by atoms with E-state index in [1.165, 1.54) is 20.8 Å². The van der Waals surface area contributed by atoms with Crippen LogP contribution in [0.4, 0.5) is 0 Å². The van der Waals surface area contributed by atoms with E-state index in [0.717, 1.165) is 32.1 Å². The normalized spacial score (nSPS) is 28.7. The molecule has 2 fully saturated rings. The van der Waals surface area contributed by atoms with E-state index in [0.29, 0.717) is 0 Å². The molecule has 4 N–H and O–H groups in total. The molecule has 0 aromatic rings. The number of carbonyl (C=O) groups is 12. The fraction of sp³-hybridized carbons (Fsp3) is 0.797. The molecule has 1 aliphatic carbocycles. The van der Waals surface area contributed by atoms with E-state index in [-0.39, 0.29) is 37.0 Å². The highest BCUT2D eigenvalue weighted by atomic mass is 16.6. The number of rotatable bonds is 11. The van der Waals surface area contributed by atoms with Crippen LogP contribution in [0.25, 0.3) is 0 Å². The highest BCUT2D eigenvalue weighted by Gasteiger charge is 2.41. The molecule has 4 amide bonds. The number of cyclic esters (lactones) is 6. The largest absolute Gasteiger partial charge is 0.453 e. The van der Waals surface area contributed by atoms with Gasteiger partial charge in [0.2, 0.25) is 0 Å². The van der Waals surface area contributed by atoms with E-state index < -0.39 is 187 Å². The Kier molecular flexibility index (Phi) is 29.7. The minimum atomic E-state index is -1.52. The monoisotopic (exact) mass is 1150 g/mol. The van der Waals surface area contributed by atoms with E-state index >= 15 is 0 Å². The summed E-state index contributed by atoms with van der Waals surface area (Å²) in [6.45, 7) is 27.3. The SMILES string of the molecule is CC(C)C[C@H]1OC(=O)[C@H](C(C)C)NC(=O)[C@H](C)OC(=O)[C@@H](C(C)C)NC(=O)[C@@H](CC(C)C)OC(=O)[C@H](C(C)C)CC(=O)[C@H](C)OC(=O)[C@@H](C(C)C)NC(=O)[C@@H](CC2CCCCC2)OC(=O)[C@H](C(C)C)NC(=O)[C@H](C)OC(=O)CCC1=O. The number of ether oxygens (including phenoxy) is 6. The summed E-state index contributed by atoms with van der Waals surface area (Å²) in [7, 11) is 0. The minimum absolute atomic E-state index is 0.00302. The zero-order valence-corrected chi connectivity index (χ0v) is 51.1. The fourth-order valence-corrected chi connectivity index (χ4v) is 9.21. The van der Waals surface area contributed by atoms with Gasteiger partial charge in [-0.15, -0.1) is 0 Å². The van der Waals surface area contributed by atoms with Crippen LogP contribution < -0.4 is 21.3 Å². The Hall–Kier alpha value is -5.96. The smallest absolute Gasteiger partial charge is 0.329 e. The molecule has 1 saturated heterocycles. The van der Waals surface area contributed by atoms with Crippen molar-refractivity contribution >= 4 is 71.0 Å².